The Balaban J connectivity index is 1.46. The molecule has 0 radical (unpaired) electrons. The molecule has 5 nitrogen and oxygen atoms in total. The number of likely N-dealkylation sites (N-methyl/N-ethyl adjacent to an activating group) is 1. The van der Waals surface area contributed by atoms with Gasteiger partial charge in [-0.05, 0) is 48.7 Å². The summed E-state index contributed by atoms with van der Waals surface area (Å²) in [6.07, 6.45) is 4.40. The summed E-state index contributed by atoms with van der Waals surface area (Å²) in [4.78, 5) is 31.3. The molecular formula is C23H24FN3O2. The number of likely N-dealkylation sites (tertiary alicyclic amines) is 1. The average molecular weight is 393 g/mol. The molecule has 1 spiro atoms. The fraction of sp³-hybridized carbons (Fsp3) is 0.304. The summed E-state index contributed by atoms with van der Waals surface area (Å²) in [6, 6.07) is 16.0. The molecule has 2 amide bonds. The lowest BCUT2D eigenvalue weighted by Gasteiger charge is -2.43. The number of halogens is 1. The SMILES string of the molecule is CN1CN(c2ccccc2)C2(CCN(C(=O)/C=C/c3ccc(F)cc3)CC2)C1=O. The molecule has 0 aliphatic carbocycles. The molecule has 150 valence electrons. The fourth-order valence-electron chi connectivity index (χ4n) is 4.25. The van der Waals surface area contributed by atoms with Crippen LogP contribution in [0.4, 0.5) is 10.1 Å². The van der Waals surface area contributed by atoms with E-state index in [1.165, 1.54) is 18.2 Å². The normalized spacial score (nSPS) is 18.8. The van der Waals surface area contributed by atoms with Gasteiger partial charge in [-0.1, -0.05) is 30.3 Å². The van der Waals surface area contributed by atoms with Crippen LogP contribution in [0.15, 0.2) is 60.7 Å². The number of hydrogen-bond acceptors (Lipinski definition) is 3. The van der Waals surface area contributed by atoms with E-state index in [0.717, 1.165) is 11.3 Å². The molecule has 4 rings (SSSR count). The van der Waals surface area contributed by atoms with E-state index >= 15 is 0 Å². The Kier molecular flexibility index (Phi) is 5.09. The minimum Gasteiger partial charge on any atom is -0.339 e. The van der Waals surface area contributed by atoms with E-state index in [2.05, 4.69) is 4.90 Å². The summed E-state index contributed by atoms with van der Waals surface area (Å²) in [7, 11) is 1.83. The molecule has 0 bridgehead atoms. The van der Waals surface area contributed by atoms with Gasteiger partial charge in [0.25, 0.3) is 0 Å². The van der Waals surface area contributed by atoms with Gasteiger partial charge < -0.3 is 14.7 Å². The van der Waals surface area contributed by atoms with Gasteiger partial charge >= 0.3 is 0 Å². The van der Waals surface area contributed by atoms with Crippen LogP contribution in [0.3, 0.4) is 0 Å². The molecule has 2 aromatic rings. The van der Waals surface area contributed by atoms with Gasteiger partial charge in [0, 0.05) is 31.9 Å². The Morgan fingerprint density at radius 2 is 1.69 bits per heavy atom. The topological polar surface area (TPSA) is 43.9 Å². The van der Waals surface area contributed by atoms with E-state index in [0.29, 0.717) is 32.6 Å². The summed E-state index contributed by atoms with van der Waals surface area (Å²) in [5.74, 6) is -0.270. The van der Waals surface area contributed by atoms with Crippen molar-refractivity contribution >= 4 is 23.6 Å². The van der Waals surface area contributed by atoms with Crippen LogP contribution in [0.1, 0.15) is 18.4 Å². The van der Waals surface area contributed by atoms with Crippen LogP contribution < -0.4 is 4.90 Å². The average Bonchev–Trinajstić information content (AvgIpc) is 2.99. The van der Waals surface area contributed by atoms with Gasteiger partial charge in [-0.15, -0.1) is 0 Å². The molecule has 2 aromatic carbocycles. The van der Waals surface area contributed by atoms with Crippen molar-refractivity contribution in [1.29, 1.82) is 0 Å². The molecule has 0 unspecified atom stereocenters. The third-order valence-electron chi connectivity index (χ3n) is 5.87. The molecule has 2 heterocycles. The highest BCUT2D eigenvalue weighted by Gasteiger charge is 2.52. The maximum Gasteiger partial charge on any atom is 0.249 e. The third kappa shape index (κ3) is 3.62. The van der Waals surface area contributed by atoms with Crippen LogP contribution in [0.25, 0.3) is 6.08 Å². The predicted octanol–water partition coefficient (Wildman–Crippen LogP) is 3.14. The zero-order valence-corrected chi connectivity index (χ0v) is 16.4. The van der Waals surface area contributed by atoms with E-state index in [-0.39, 0.29) is 17.6 Å². The minimum atomic E-state index is -0.590. The number of rotatable bonds is 3. The summed E-state index contributed by atoms with van der Waals surface area (Å²) >= 11 is 0. The van der Waals surface area contributed by atoms with Crippen LogP contribution in [0, 0.1) is 5.82 Å². The van der Waals surface area contributed by atoms with Gasteiger partial charge in [-0.2, -0.15) is 0 Å². The molecule has 2 aliphatic heterocycles. The molecule has 6 heteroatoms. The molecular weight excluding hydrogens is 369 g/mol. The van der Waals surface area contributed by atoms with Crippen molar-refractivity contribution in [2.75, 3.05) is 31.7 Å². The second-order valence-electron chi connectivity index (χ2n) is 7.65. The van der Waals surface area contributed by atoms with Crippen LogP contribution >= 0.6 is 0 Å². The highest BCUT2D eigenvalue weighted by Crippen LogP contribution is 2.38. The number of carbonyl (C=O) groups excluding carboxylic acids is 2. The smallest absolute Gasteiger partial charge is 0.249 e. The van der Waals surface area contributed by atoms with Gasteiger partial charge in [-0.25, -0.2) is 4.39 Å². The molecule has 29 heavy (non-hydrogen) atoms. The van der Waals surface area contributed by atoms with Gasteiger partial charge in [0.05, 0.1) is 6.67 Å². The van der Waals surface area contributed by atoms with E-state index in [1.807, 2.05) is 37.4 Å². The standard InChI is InChI=1S/C23H24FN3O2/c1-25-17-27(20-5-3-2-4-6-20)23(22(25)29)13-15-26(16-14-23)21(28)12-9-18-7-10-19(24)11-8-18/h2-12H,13-17H2,1H3/b12-9+. The number of nitrogens with zero attached hydrogens (tertiary/aromatic N) is 3. The van der Waals surface area contributed by atoms with Crippen molar-refractivity contribution < 1.29 is 14.0 Å². The van der Waals surface area contributed by atoms with Gasteiger partial charge in [0.2, 0.25) is 11.8 Å². The van der Waals surface area contributed by atoms with Crippen LogP contribution in [0.5, 0.6) is 0 Å². The Labute approximate surface area is 170 Å². The minimum absolute atomic E-state index is 0.0887. The van der Waals surface area contributed by atoms with Crippen LogP contribution in [-0.4, -0.2) is 54.0 Å². The highest BCUT2D eigenvalue weighted by molar-refractivity contribution is 5.95. The largest absolute Gasteiger partial charge is 0.339 e. The second-order valence-corrected chi connectivity index (χ2v) is 7.65. The van der Waals surface area contributed by atoms with Gasteiger partial charge in [0.15, 0.2) is 0 Å². The summed E-state index contributed by atoms with van der Waals surface area (Å²) in [5.41, 5.74) is 1.21. The number of amides is 2. The monoisotopic (exact) mass is 393 g/mol. The number of hydrogen-bond donors (Lipinski definition) is 0. The molecule has 2 saturated heterocycles. The molecule has 2 fully saturated rings. The van der Waals surface area contributed by atoms with E-state index < -0.39 is 5.54 Å². The maximum absolute atomic E-state index is 13.0. The van der Waals surface area contributed by atoms with Crippen molar-refractivity contribution in [3.05, 3.63) is 72.1 Å². The Morgan fingerprint density at radius 1 is 1.03 bits per heavy atom. The Morgan fingerprint density at radius 3 is 2.34 bits per heavy atom. The number of benzene rings is 2. The van der Waals surface area contributed by atoms with Gasteiger partial charge in [0.1, 0.15) is 11.4 Å². The maximum atomic E-state index is 13.0. The number of anilines is 1. The molecule has 0 saturated carbocycles. The first-order valence-corrected chi connectivity index (χ1v) is 9.80. The van der Waals surface area contributed by atoms with Crippen molar-refractivity contribution in [2.24, 2.45) is 0 Å². The van der Waals surface area contributed by atoms with Crippen molar-refractivity contribution in [3.8, 4) is 0 Å². The predicted molar refractivity (Wildman–Crippen MR) is 111 cm³/mol. The molecule has 0 atom stereocenters. The second kappa shape index (κ2) is 7.70. The lowest BCUT2D eigenvalue weighted by atomic mass is 9.85. The number of para-hydroxylation sites is 1. The lowest BCUT2D eigenvalue weighted by Crippen LogP contribution is -2.57. The van der Waals surface area contributed by atoms with E-state index in [1.54, 1.807) is 28.0 Å². The van der Waals surface area contributed by atoms with Gasteiger partial charge in [-0.3, -0.25) is 9.59 Å². The molecule has 0 N–H and O–H groups in total. The van der Waals surface area contributed by atoms with Crippen molar-refractivity contribution in [1.82, 2.24) is 9.80 Å². The van der Waals surface area contributed by atoms with E-state index in [9.17, 15) is 14.0 Å². The first-order chi connectivity index (χ1) is 14.0. The zero-order valence-electron chi connectivity index (χ0n) is 16.4. The van der Waals surface area contributed by atoms with Crippen LogP contribution in [-0.2, 0) is 9.59 Å². The highest BCUT2D eigenvalue weighted by atomic mass is 19.1. The van der Waals surface area contributed by atoms with Crippen LogP contribution in [0.2, 0.25) is 0 Å². The third-order valence-corrected chi connectivity index (χ3v) is 5.87. The summed E-state index contributed by atoms with van der Waals surface area (Å²) in [5, 5.41) is 0. The lowest BCUT2D eigenvalue weighted by molar-refractivity contribution is -0.135. The summed E-state index contributed by atoms with van der Waals surface area (Å²) < 4.78 is 13.0. The fourth-order valence-corrected chi connectivity index (χ4v) is 4.25. The number of carbonyl (C=O) groups is 2. The first-order valence-electron chi connectivity index (χ1n) is 9.80. The Hall–Kier alpha value is -3.15. The zero-order chi connectivity index (χ0) is 20.4. The first kappa shape index (κ1) is 19.2. The summed E-state index contributed by atoms with van der Waals surface area (Å²) in [6.45, 7) is 1.60. The van der Waals surface area contributed by atoms with E-state index in [4.69, 9.17) is 0 Å². The Bertz CT molecular complexity index is 919. The molecule has 0 aromatic heterocycles. The number of piperidine rings is 1. The molecule has 2 aliphatic rings. The van der Waals surface area contributed by atoms with Crippen molar-refractivity contribution in [2.45, 2.75) is 18.4 Å². The quantitative estimate of drug-likeness (QED) is 0.753. The van der Waals surface area contributed by atoms with Crippen molar-refractivity contribution in [3.63, 3.8) is 0 Å².